The van der Waals surface area contributed by atoms with Crippen molar-refractivity contribution in [1.29, 1.82) is 0 Å². The quantitative estimate of drug-likeness (QED) is 0.107. The second-order valence-electron chi connectivity index (χ2n) is 14.3. The second kappa shape index (κ2) is 11.5. The highest BCUT2D eigenvalue weighted by molar-refractivity contribution is 5.66. The van der Waals surface area contributed by atoms with Gasteiger partial charge in [-0.3, -0.25) is 10.9 Å². The van der Waals surface area contributed by atoms with Gasteiger partial charge >= 0.3 is 0 Å². The zero-order valence-electron chi connectivity index (χ0n) is 27.2. The number of hydrazine groups is 1. The van der Waals surface area contributed by atoms with Crippen LogP contribution in [0, 0.1) is 0 Å². The molecule has 13 nitrogen and oxygen atoms in total. The molecule has 4 aromatic rings. The van der Waals surface area contributed by atoms with Crippen molar-refractivity contribution in [3.63, 3.8) is 0 Å². The van der Waals surface area contributed by atoms with E-state index < -0.39 is 22.4 Å². The number of ether oxygens (including phenoxy) is 1. The largest absolute Gasteiger partial charge is 0.421 e. The van der Waals surface area contributed by atoms with Crippen LogP contribution in [0.4, 0.5) is 22.7 Å². The molecule has 10 N–H and O–H groups in total. The Morgan fingerprint density at radius 1 is 0.469 bits per heavy atom. The fourth-order valence-electron chi connectivity index (χ4n) is 7.11. The molecule has 4 heterocycles. The summed E-state index contributed by atoms with van der Waals surface area (Å²) in [6, 6.07) is 13.9. The number of rotatable bonds is 10. The van der Waals surface area contributed by atoms with Crippen molar-refractivity contribution in [2.75, 3.05) is 22.3 Å². The number of nitrogens with zero attached hydrogens (tertiary/aromatic N) is 4. The lowest BCUT2D eigenvalue weighted by molar-refractivity contribution is -0.0427. The molecule has 0 saturated heterocycles. The molecule has 256 valence electrons. The van der Waals surface area contributed by atoms with Gasteiger partial charge < -0.3 is 36.6 Å². The van der Waals surface area contributed by atoms with Crippen LogP contribution in [0.2, 0.25) is 0 Å². The Kier molecular flexibility index (Phi) is 7.45. The van der Waals surface area contributed by atoms with Gasteiger partial charge in [0.25, 0.3) is 0 Å². The van der Waals surface area contributed by atoms with Gasteiger partial charge in [0.1, 0.15) is 28.1 Å². The fraction of sp³-hybridized carbons (Fsp3) is 0.444. The zero-order valence-corrected chi connectivity index (χ0v) is 27.2. The molecule has 4 aromatic heterocycles. The van der Waals surface area contributed by atoms with Gasteiger partial charge in [-0.2, -0.15) is 0 Å². The molecule has 49 heavy (non-hydrogen) atoms. The molecule has 13 heteroatoms. The van der Waals surface area contributed by atoms with Crippen molar-refractivity contribution >= 4 is 22.7 Å². The van der Waals surface area contributed by atoms with Crippen molar-refractivity contribution in [3.8, 4) is 23.1 Å². The molecule has 0 unspecified atom stereocenters. The van der Waals surface area contributed by atoms with Crippen LogP contribution in [-0.2, 0) is 22.4 Å². The van der Waals surface area contributed by atoms with Crippen molar-refractivity contribution < 1.29 is 25.2 Å². The van der Waals surface area contributed by atoms with Gasteiger partial charge in [0, 0.05) is 12.1 Å². The predicted octanol–water partition coefficient (Wildman–Crippen LogP) is 4.82. The topological polar surface area (TPSA) is 218 Å². The number of anilines is 4. The summed E-state index contributed by atoms with van der Waals surface area (Å²) >= 11 is 0. The Bertz CT molecular complexity index is 1920. The molecule has 0 bridgehead atoms. The van der Waals surface area contributed by atoms with Crippen LogP contribution in [-0.4, -0.2) is 40.4 Å². The Morgan fingerprint density at radius 3 is 1.31 bits per heavy atom. The second-order valence-corrected chi connectivity index (χ2v) is 14.3. The monoisotopic (exact) mass is 666 g/mol. The highest BCUT2D eigenvalue weighted by Gasteiger charge is 2.43. The zero-order chi connectivity index (χ0) is 34.0. The minimum Gasteiger partial charge on any atom is -0.421 e. The average molecular weight is 667 g/mol. The van der Waals surface area contributed by atoms with E-state index in [-0.39, 0.29) is 11.8 Å². The maximum absolute atomic E-state index is 11.5. The Balaban J connectivity index is 1.07. The number of hydrogen-bond donors (Lipinski definition) is 8. The van der Waals surface area contributed by atoms with E-state index in [9.17, 15) is 20.4 Å². The molecule has 4 aliphatic carbocycles. The predicted molar refractivity (Wildman–Crippen MR) is 183 cm³/mol. The third-order valence-corrected chi connectivity index (χ3v) is 10.9. The lowest BCUT2D eigenvalue weighted by Gasteiger charge is -2.38. The number of nitrogens with one attached hydrogen (secondary N) is 2. The van der Waals surface area contributed by atoms with Gasteiger partial charge in [0.05, 0.1) is 51.2 Å². The first-order chi connectivity index (χ1) is 23.5. The van der Waals surface area contributed by atoms with E-state index in [1.165, 1.54) is 0 Å². The molecular weight excluding hydrogens is 624 g/mol. The fourth-order valence-corrected chi connectivity index (χ4v) is 7.11. The van der Waals surface area contributed by atoms with Crippen LogP contribution in [0.25, 0.3) is 11.4 Å². The summed E-state index contributed by atoms with van der Waals surface area (Å²) in [5.74, 6) is 0.485. The van der Waals surface area contributed by atoms with Crippen LogP contribution >= 0.6 is 0 Å². The van der Waals surface area contributed by atoms with Gasteiger partial charge in [0.2, 0.25) is 11.8 Å². The van der Waals surface area contributed by atoms with Gasteiger partial charge in [-0.1, -0.05) is 0 Å². The maximum atomic E-state index is 11.5. The minimum atomic E-state index is -1.15. The Morgan fingerprint density at radius 2 is 0.816 bits per heavy atom. The molecule has 0 amide bonds. The summed E-state index contributed by atoms with van der Waals surface area (Å²) in [6.45, 7) is 0. The molecule has 0 spiro atoms. The number of pyridine rings is 4. The highest BCUT2D eigenvalue weighted by Crippen LogP contribution is 2.47. The van der Waals surface area contributed by atoms with Crippen LogP contribution < -0.4 is 27.1 Å². The van der Waals surface area contributed by atoms with Gasteiger partial charge in [-0.25, -0.2) is 19.9 Å². The van der Waals surface area contributed by atoms with Gasteiger partial charge in [-0.15, -0.1) is 0 Å². The number of nitrogen functional groups attached to an aromatic ring is 2. The summed E-state index contributed by atoms with van der Waals surface area (Å²) in [6.07, 6.45) is 8.19. The van der Waals surface area contributed by atoms with E-state index in [2.05, 4.69) is 15.8 Å². The molecule has 8 rings (SSSR count). The first kappa shape index (κ1) is 31.7. The van der Waals surface area contributed by atoms with Gasteiger partial charge in [-0.05, 0) is 113 Å². The van der Waals surface area contributed by atoms with Crippen LogP contribution in [0.1, 0.15) is 99.8 Å². The third kappa shape index (κ3) is 5.50. The van der Waals surface area contributed by atoms with E-state index in [1.54, 1.807) is 36.4 Å². The molecule has 0 aliphatic heterocycles. The van der Waals surface area contributed by atoms with Crippen molar-refractivity contribution in [3.05, 3.63) is 71.3 Å². The van der Waals surface area contributed by atoms with E-state index in [0.717, 1.165) is 25.7 Å². The number of aromatic nitrogens is 4. The summed E-state index contributed by atoms with van der Waals surface area (Å²) in [4.78, 5) is 18.8. The van der Waals surface area contributed by atoms with Gasteiger partial charge in [0.15, 0.2) is 0 Å². The first-order valence-electron chi connectivity index (χ1n) is 17.1. The summed E-state index contributed by atoms with van der Waals surface area (Å²) in [7, 11) is 0. The number of aliphatic hydroxyl groups is 4. The minimum absolute atomic E-state index is 0.238. The smallest absolute Gasteiger partial charge is 0.221 e. The van der Waals surface area contributed by atoms with E-state index in [4.69, 9.17) is 31.2 Å². The number of nitrogens with two attached hydrogens (primary N) is 2. The Hall–Kier alpha value is -4.56. The highest BCUT2D eigenvalue weighted by atomic mass is 16.5. The molecule has 4 aliphatic rings. The molecule has 4 fully saturated rings. The molecule has 0 radical (unpaired) electrons. The van der Waals surface area contributed by atoms with Crippen LogP contribution in [0.15, 0.2) is 48.5 Å². The standard InChI is InChI=1S/C36H42N8O5/c37-21-5-7-23(39-29(21)33(45)13-1-14-33)24-8-9-25(31(40-24)35(47)17-3-18-35)43-44-26-10-12-28(42-32(26)36(48)19-4-20-36)49-27-11-6-22(38)30(41-27)34(46)15-2-16-34/h5-12,43-48H,1-4,13-20,37-38H2. The van der Waals surface area contributed by atoms with Crippen molar-refractivity contribution in [2.45, 2.75) is 99.5 Å². The summed E-state index contributed by atoms with van der Waals surface area (Å²) in [5.41, 5.74) is 19.3. The number of hydrogen-bond acceptors (Lipinski definition) is 13. The van der Waals surface area contributed by atoms with Crippen molar-refractivity contribution in [2.24, 2.45) is 0 Å². The Labute approximate surface area is 283 Å². The first-order valence-corrected chi connectivity index (χ1v) is 17.1. The van der Waals surface area contributed by atoms with E-state index in [0.29, 0.717) is 108 Å². The molecule has 0 aromatic carbocycles. The summed E-state index contributed by atoms with van der Waals surface area (Å²) in [5, 5.41) is 44.8. The molecule has 0 atom stereocenters. The molecule has 4 saturated carbocycles. The normalized spacial score (nSPS) is 20.9. The SMILES string of the molecule is Nc1ccc(Oc2ccc(NNc3ccc(-c4ccc(N)c(C5(O)CCC5)n4)nc3C3(O)CCC3)c(C3(O)CCC3)n2)nc1C1(O)CCC1. The average Bonchev–Trinajstić information content (AvgIpc) is 3.04. The van der Waals surface area contributed by atoms with E-state index in [1.807, 2.05) is 12.1 Å². The van der Waals surface area contributed by atoms with Crippen molar-refractivity contribution in [1.82, 2.24) is 19.9 Å². The lowest BCUT2D eigenvalue weighted by atomic mass is 9.76. The van der Waals surface area contributed by atoms with E-state index >= 15 is 0 Å². The molecular formula is C36H42N8O5. The maximum Gasteiger partial charge on any atom is 0.221 e. The third-order valence-electron chi connectivity index (χ3n) is 10.9. The van der Waals surface area contributed by atoms with Crippen LogP contribution in [0.5, 0.6) is 11.8 Å². The summed E-state index contributed by atoms with van der Waals surface area (Å²) < 4.78 is 6.03. The lowest BCUT2D eigenvalue weighted by Crippen LogP contribution is -2.37. The van der Waals surface area contributed by atoms with Crippen LogP contribution in [0.3, 0.4) is 0 Å².